The second-order valence-electron chi connectivity index (χ2n) is 5.61. The predicted octanol–water partition coefficient (Wildman–Crippen LogP) is 4.46. The molecule has 2 aromatic heterocycles. The zero-order chi connectivity index (χ0) is 16.6. The van der Waals surface area contributed by atoms with Crippen LogP contribution in [0.5, 0.6) is 0 Å². The van der Waals surface area contributed by atoms with Crippen molar-refractivity contribution in [3.05, 3.63) is 70.6 Å². The van der Waals surface area contributed by atoms with Gasteiger partial charge in [-0.2, -0.15) is 0 Å². The molecule has 0 bridgehead atoms. The smallest absolute Gasteiger partial charge is 0.159 e. The van der Waals surface area contributed by atoms with Gasteiger partial charge in [0.1, 0.15) is 5.65 Å². The van der Waals surface area contributed by atoms with Gasteiger partial charge in [-0.3, -0.25) is 4.90 Å². The molecule has 1 atom stereocenters. The molecule has 0 aliphatic rings. The number of pyridine rings is 1. The van der Waals surface area contributed by atoms with Crippen molar-refractivity contribution in [3.8, 4) is 0 Å². The van der Waals surface area contributed by atoms with Crippen LogP contribution in [0, 0.1) is 11.6 Å². The van der Waals surface area contributed by atoms with E-state index in [0.29, 0.717) is 11.6 Å². The van der Waals surface area contributed by atoms with E-state index >= 15 is 0 Å². The Morgan fingerprint density at radius 2 is 1.96 bits per heavy atom. The predicted molar refractivity (Wildman–Crippen MR) is 86.4 cm³/mol. The lowest BCUT2D eigenvalue weighted by Crippen LogP contribution is -2.22. The maximum absolute atomic E-state index is 13.4. The van der Waals surface area contributed by atoms with Gasteiger partial charge in [0, 0.05) is 25.0 Å². The van der Waals surface area contributed by atoms with Crippen LogP contribution in [0.1, 0.15) is 24.2 Å². The van der Waals surface area contributed by atoms with Crippen LogP contribution in [0.2, 0.25) is 5.02 Å². The summed E-state index contributed by atoms with van der Waals surface area (Å²) in [7, 11) is 1.92. The number of fused-ring (bicyclic) bond motifs is 1. The van der Waals surface area contributed by atoms with Crippen LogP contribution in [-0.4, -0.2) is 21.3 Å². The molecule has 0 saturated carbocycles. The summed E-state index contributed by atoms with van der Waals surface area (Å²) < 4.78 is 28.3. The quantitative estimate of drug-likeness (QED) is 0.701. The summed E-state index contributed by atoms with van der Waals surface area (Å²) in [4.78, 5) is 6.55. The highest BCUT2D eigenvalue weighted by molar-refractivity contribution is 6.30. The van der Waals surface area contributed by atoms with Crippen molar-refractivity contribution < 1.29 is 8.78 Å². The number of aromatic nitrogens is 2. The summed E-state index contributed by atoms with van der Waals surface area (Å²) >= 11 is 5.97. The van der Waals surface area contributed by atoms with Gasteiger partial charge in [0.2, 0.25) is 0 Å². The summed E-state index contributed by atoms with van der Waals surface area (Å²) in [6.07, 6.45) is 3.71. The summed E-state index contributed by atoms with van der Waals surface area (Å²) in [6, 6.07) is 7.56. The number of imidazole rings is 1. The Kier molecular flexibility index (Phi) is 4.33. The van der Waals surface area contributed by atoms with Gasteiger partial charge in [-0.15, -0.1) is 0 Å². The highest BCUT2D eigenvalue weighted by Gasteiger charge is 2.15. The number of benzene rings is 1. The number of halogens is 3. The van der Waals surface area contributed by atoms with Crippen LogP contribution in [0.15, 0.2) is 42.7 Å². The number of hydrogen-bond donors (Lipinski definition) is 0. The van der Waals surface area contributed by atoms with Crippen molar-refractivity contribution in [3.63, 3.8) is 0 Å². The molecule has 3 aromatic rings. The Bertz CT molecular complexity index is 847. The van der Waals surface area contributed by atoms with Crippen LogP contribution >= 0.6 is 11.6 Å². The molecule has 1 aromatic carbocycles. The first-order valence-corrected chi connectivity index (χ1v) is 7.60. The van der Waals surface area contributed by atoms with Gasteiger partial charge in [-0.25, -0.2) is 13.8 Å². The topological polar surface area (TPSA) is 20.5 Å². The van der Waals surface area contributed by atoms with E-state index in [1.54, 1.807) is 18.3 Å². The molecule has 0 aliphatic carbocycles. The van der Waals surface area contributed by atoms with Crippen LogP contribution in [0.4, 0.5) is 8.78 Å². The molecule has 6 heteroatoms. The van der Waals surface area contributed by atoms with E-state index in [0.717, 1.165) is 23.0 Å². The molecule has 23 heavy (non-hydrogen) atoms. The first kappa shape index (κ1) is 15.9. The van der Waals surface area contributed by atoms with Gasteiger partial charge >= 0.3 is 0 Å². The Morgan fingerprint density at radius 1 is 1.17 bits per heavy atom. The van der Waals surface area contributed by atoms with E-state index in [1.807, 2.05) is 35.5 Å². The van der Waals surface area contributed by atoms with Crippen molar-refractivity contribution in [2.75, 3.05) is 7.05 Å². The molecule has 0 aliphatic heterocycles. The molecule has 0 saturated heterocycles. The lowest BCUT2D eigenvalue weighted by Gasteiger charge is -2.24. The zero-order valence-electron chi connectivity index (χ0n) is 12.8. The maximum atomic E-state index is 13.4. The summed E-state index contributed by atoms with van der Waals surface area (Å²) in [5.41, 5.74) is 2.42. The van der Waals surface area contributed by atoms with Gasteiger partial charge < -0.3 is 4.40 Å². The molecule has 0 N–H and O–H groups in total. The van der Waals surface area contributed by atoms with Gasteiger partial charge in [-0.05, 0) is 43.8 Å². The van der Waals surface area contributed by atoms with Gasteiger partial charge in [0.15, 0.2) is 11.6 Å². The third-order valence-corrected chi connectivity index (χ3v) is 4.19. The number of hydrogen-bond acceptors (Lipinski definition) is 2. The van der Waals surface area contributed by atoms with E-state index in [-0.39, 0.29) is 6.04 Å². The van der Waals surface area contributed by atoms with Crippen LogP contribution in [0.3, 0.4) is 0 Å². The lowest BCUT2D eigenvalue weighted by molar-refractivity contribution is 0.250. The van der Waals surface area contributed by atoms with Crippen molar-refractivity contribution in [2.45, 2.75) is 19.5 Å². The summed E-state index contributed by atoms with van der Waals surface area (Å²) in [5.74, 6) is -1.66. The van der Waals surface area contributed by atoms with E-state index in [2.05, 4.69) is 4.98 Å². The zero-order valence-corrected chi connectivity index (χ0v) is 13.6. The molecule has 2 heterocycles. The highest BCUT2D eigenvalue weighted by atomic mass is 35.5. The van der Waals surface area contributed by atoms with Gasteiger partial charge in [0.05, 0.1) is 10.7 Å². The minimum Gasteiger partial charge on any atom is -0.305 e. The van der Waals surface area contributed by atoms with E-state index < -0.39 is 11.6 Å². The first-order chi connectivity index (χ1) is 10.9. The summed E-state index contributed by atoms with van der Waals surface area (Å²) in [5, 5.41) is 0.643. The average molecular weight is 336 g/mol. The van der Waals surface area contributed by atoms with Crippen LogP contribution in [-0.2, 0) is 6.54 Å². The average Bonchev–Trinajstić information content (AvgIpc) is 2.90. The van der Waals surface area contributed by atoms with Crippen molar-refractivity contribution in [2.24, 2.45) is 0 Å². The fourth-order valence-electron chi connectivity index (χ4n) is 2.51. The molecule has 0 fully saturated rings. The molecule has 0 amide bonds. The second kappa shape index (κ2) is 6.26. The molecule has 120 valence electrons. The van der Waals surface area contributed by atoms with E-state index in [1.165, 1.54) is 6.07 Å². The van der Waals surface area contributed by atoms with Crippen LogP contribution in [0.25, 0.3) is 5.65 Å². The second-order valence-corrected chi connectivity index (χ2v) is 6.05. The highest BCUT2D eigenvalue weighted by Crippen LogP contribution is 2.22. The molecule has 3 rings (SSSR count). The minimum absolute atomic E-state index is 0.0708. The standard InChI is InChI=1S/C17H16ClF2N3/c1-11(12-3-5-15(19)16(20)7-12)22(2)9-14-10-23-8-13(18)4-6-17(23)21-14/h3-8,10-11H,9H2,1-2H3/t11-/m0/s1. The third-order valence-electron chi connectivity index (χ3n) is 3.96. The number of nitrogens with zero attached hydrogens (tertiary/aromatic N) is 3. The Morgan fingerprint density at radius 3 is 2.70 bits per heavy atom. The first-order valence-electron chi connectivity index (χ1n) is 7.22. The Hall–Kier alpha value is -1.98. The van der Waals surface area contributed by atoms with E-state index in [9.17, 15) is 8.78 Å². The SMILES string of the molecule is C[C@@H](c1ccc(F)c(F)c1)N(C)Cc1cn2cc(Cl)ccc2n1. The van der Waals surface area contributed by atoms with E-state index in [4.69, 9.17) is 11.6 Å². The molecule has 0 unspecified atom stereocenters. The largest absolute Gasteiger partial charge is 0.305 e. The molecular formula is C17H16ClF2N3. The van der Waals surface area contributed by atoms with Crippen LogP contribution < -0.4 is 0 Å². The Balaban J connectivity index is 1.78. The fourth-order valence-corrected chi connectivity index (χ4v) is 2.68. The van der Waals surface area contributed by atoms with Crippen molar-refractivity contribution in [1.82, 2.24) is 14.3 Å². The maximum Gasteiger partial charge on any atom is 0.159 e. The molecule has 0 radical (unpaired) electrons. The normalized spacial score (nSPS) is 13.0. The lowest BCUT2D eigenvalue weighted by atomic mass is 10.1. The summed E-state index contributed by atoms with van der Waals surface area (Å²) in [6.45, 7) is 2.53. The van der Waals surface area contributed by atoms with Crippen molar-refractivity contribution in [1.29, 1.82) is 0 Å². The minimum atomic E-state index is -0.833. The molecule has 0 spiro atoms. The third kappa shape index (κ3) is 3.35. The van der Waals surface area contributed by atoms with Crippen molar-refractivity contribution >= 4 is 17.2 Å². The van der Waals surface area contributed by atoms with Gasteiger partial charge in [-0.1, -0.05) is 17.7 Å². The Labute approximate surface area is 138 Å². The molecular weight excluding hydrogens is 320 g/mol. The van der Waals surface area contributed by atoms with Gasteiger partial charge in [0.25, 0.3) is 0 Å². The molecule has 3 nitrogen and oxygen atoms in total. The number of rotatable bonds is 4. The monoisotopic (exact) mass is 335 g/mol. The fraction of sp³-hybridized carbons (Fsp3) is 0.235.